The average Bonchev–Trinajstić information content (AvgIpc) is 2.58. The van der Waals surface area contributed by atoms with Gasteiger partial charge in [-0.15, -0.1) is 11.3 Å². The Hall–Kier alpha value is -0.870. The van der Waals surface area contributed by atoms with Crippen LogP contribution in [0.3, 0.4) is 0 Å². The minimum absolute atomic E-state index is 0.599. The van der Waals surface area contributed by atoms with Crippen LogP contribution < -0.4 is 0 Å². The molecule has 5 heteroatoms. The minimum Gasteiger partial charge on any atom is -0.227 e. The van der Waals surface area contributed by atoms with Crippen LogP contribution in [-0.2, 0) is 0 Å². The van der Waals surface area contributed by atoms with Gasteiger partial charge in [0.25, 0.3) is 0 Å². The molecule has 0 saturated heterocycles. The lowest BCUT2D eigenvalue weighted by Gasteiger charge is -1.94. The van der Waals surface area contributed by atoms with Crippen LogP contribution in [0.1, 0.15) is 5.69 Å². The Morgan fingerprint density at radius 2 is 2.42 bits per heavy atom. The lowest BCUT2D eigenvalue weighted by atomic mass is 10.5. The number of hydrogen-bond acceptors (Lipinski definition) is 3. The van der Waals surface area contributed by atoms with Gasteiger partial charge < -0.3 is 0 Å². The van der Waals surface area contributed by atoms with Crippen molar-refractivity contribution in [2.75, 3.05) is 0 Å². The zero-order valence-corrected chi connectivity index (χ0v) is 7.93. The van der Waals surface area contributed by atoms with Gasteiger partial charge in [-0.05, 0) is 13.0 Å². The first-order chi connectivity index (χ1) is 5.77. The fourth-order valence-electron chi connectivity index (χ4n) is 0.923. The fraction of sp³-hybridized carbons (Fsp3) is 0.143. The van der Waals surface area contributed by atoms with Gasteiger partial charge in [0.15, 0.2) is 0 Å². The quantitative estimate of drug-likeness (QED) is 0.706. The van der Waals surface area contributed by atoms with E-state index in [-0.39, 0.29) is 0 Å². The molecule has 12 heavy (non-hydrogen) atoms. The average molecular weight is 200 g/mol. The van der Waals surface area contributed by atoms with Gasteiger partial charge in [-0.25, -0.2) is 4.98 Å². The van der Waals surface area contributed by atoms with Crippen LogP contribution in [0.4, 0.5) is 0 Å². The molecule has 0 atom stereocenters. The molecule has 0 radical (unpaired) electrons. The lowest BCUT2D eigenvalue weighted by molar-refractivity contribution is 0.854. The fourth-order valence-corrected chi connectivity index (χ4v) is 1.85. The van der Waals surface area contributed by atoms with Crippen LogP contribution in [-0.4, -0.2) is 14.8 Å². The van der Waals surface area contributed by atoms with E-state index in [1.807, 2.05) is 18.4 Å². The van der Waals surface area contributed by atoms with Gasteiger partial charge in [0.05, 0.1) is 5.69 Å². The van der Waals surface area contributed by atoms with E-state index in [0.29, 0.717) is 5.15 Å². The summed E-state index contributed by atoms with van der Waals surface area (Å²) in [5.41, 5.74) is 0.898. The smallest absolute Gasteiger partial charge is 0.211 e. The number of halogens is 1. The van der Waals surface area contributed by atoms with Crippen molar-refractivity contribution < 1.29 is 0 Å². The molecule has 2 heterocycles. The number of hydrogen-bond donors (Lipinski definition) is 0. The Bertz CT molecular complexity index is 379. The summed E-state index contributed by atoms with van der Waals surface area (Å²) < 4.78 is 1.63. The van der Waals surface area contributed by atoms with Crippen molar-refractivity contribution in [3.63, 3.8) is 0 Å². The van der Waals surface area contributed by atoms with Crippen molar-refractivity contribution in [1.82, 2.24) is 14.8 Å². The summed E-state index contributed by atoms with van der Waals surface area (Å²) in [5.74, 6) is 0. The number of aromatic nitrogens is 3. The second kappa shape index (κ2) is 2.88. The van der Waals surface area contributed by atoms with Crippen LogP contribution in [0.15, 0.2) is 17.6 Å². The van der Waals surface area contributed by atoms with Crippen LogP contribution in [0.5, 0.6) is 0 Å². The van der Waals surface area contributed by atoms with E-state index in [1.54, 1.807) is 10.9 Å². The highest BCUT2D eigenvalue weighted by molar-refractivity contribution is 7.12. The van der Waals surface area contributed by atoms with Crippen molar-refractivity contribution in [1.29, 1.82) is 0 Å². The summed E-state index contributed by atoms with van der Waals surface area (Å²) in [5, 5.41) is 7.48. The van der Waals surface area contributed by atoms with E-state index in [1.165, 1.54) is 11.3 Å². The van der Waals surface area contributed by atoms with Gasteiger partial charge in [-0.2, -0.15) is 9.78 Å². The third-order valence-electron chi connectivity index (χ3n) is 1.39. The third-order valence-corrected chi connectivity index (χ3v) is 2.40. The molecule has 0 saturated carbocycles. The molecule has 0 spiro atoms. The lowest BCUT2D eigenvalue weighted by Crippen LogP contribution is -1.94. The topological polar surface area (TPSA) is 30.7 Å². The molecule has 0 aromatic carbocycles. The summed E-state index contributed by atoms with van der Waals surface area (Å²) in [7, 11) is 0. The maximum absolute atomic E-state index is 5.90. The second-order valence-corrected chi connectivity index (χ2v) is 3.60. The van der Waals surface area contributed by atoms with Gasteiger partial charge >= 0.3 is 0 Å². The van der Waals surface area contributed by atoms with Crippen LogP contribution in [0.2, 0.25) is 5.15 Å². The highest BCUT2D eigenvalue weighted by Crippen LogP contribution is 2.18. The van der Waals surface area contributed by atoms with Crippen LogP contribution in [0.25, 0.3) is 5.13 Å². The Balaban J connectivity index is 2.54. The van der Waals surface area contributed by atoms with E-state index >= 15 is 0 Å². The Morgan fingerprint density at radius 1 is 1.58 bits per heavy atom. The minimum atomic E-state index is 0.599. The molecule has 0 unspecified atom stereocenters. The zero-order chi connectivity index (χ0) is 8.55. The molecule has 2 aromatic rings. The predicted molar refractivity (Wildman–Crippen MR) is 49.0 cm³/mol. The van der Waals surface area contributed by atoms with Gasteiger partial charge in [-0.1, -0.05) is 11.6 Å². The van der Waals surface area contributed by atoms with Gasteiger partial charge in [0, 0.05) is 11.6 Å². The monoisotopic (exact) mass is 199 g/mol. The molecule has 0 amide bonds. The van der Waals surface area contributed by atoms with Crippen molar-refractivity contribution in [2.45, 2.75) is 6.92 Å². The largest absolute Gasteiger partial charge is 0.227 e. The summed E-state index contributed by atoms with van der Waals surface area (Å²) in [6, 6.07) is 1.81. The molecular weight excluding hydrogens is 194 g/mol. The summed E-state index contributed by atoms with van der Waals surface area (Å²) in [6.45, 7) is 1.90. The highest BCUT2D eigenvalue weighted by atomic mass is 35.5. The normalized spacial score (nSPS) is 10.5. The van der Waals surface area contributed by atoms with Gasteiger partial charge in [0.2, 0.25) is 5.13 Å². The highest BCUT2D eigenvalue weighted by Gasteiger charge is 2.05. The van der Waals surface area contributed by atoms with Crippen molar-refractivity contribution >= 4 is 22.9 Å². The van der Waals surface area contributed by atoms with E-state index in [0.717, 1.165) is 10.8 Å². The molecule has 0 bridgehead atoms. The number of rotatable bonds is 1. The molecule has 0 fully saturated rings. The molecule has 3 nitrogen and oxygen atoms in total. The number of nitrogens with zero attached hydrogens (tertiary/aromatic N) is 3. The number of aryl methyl sites for hydroxylation is 1. The molecular formula is C7H6ClN3S. The first-order valence-electron chi connectivity index (χ1n) is 3.39. The zero-order valence-electron chi connectivity index (χ0n) is 6.36. The van der Waals surface area contributed by atoms with E-state index < -0.39 is 0 Å². The van der Waals surface area contributed by atoms with Crippen molar-refractivity contribution in [3.05, 3.63) is 28.5 Å². The molecule has 2 rings (SSSR count). The Labute approximate surface area is 78.6 Å². The molecule has 62 valence electrons. The Morgan fingerprint density at radius 3 is 2.92 bits per heavy atom. The van der Waals surface area contributed by atoms with Gasteiger partial charge in [-0.3, -0.25) is 0 Å². The summed E-state index contributed by atoms with van der Waals surface area (Å²) >= 11 is 7.41. The van der Waals surface area contributed by atoms with Crippen molar-refractivity contribution in [3.8, 4) is 5.13 Å². The van der Waals surface area contributed by atoms with Crippen LogP contribution in [0, 0.1) is 6.92 Å². The van der Waals surface area contributed by atoms with Gasteiger partial charge in [0.1, 0.15) is 5.15 Å². The Kier molecular flexibility index (Phi) is 1.86. The first kappa shape index (κ1) is 7.76. The standard InChI is InChI=1S/C7H6ClN3S/c1-5-4-6(8)11(10-5)7-9-2-3-12-7/h2-4H,1H3. The first-order valence-corrected chi connectivity index (χ1v) is 4.65. The SMILES string of the molecule is Cc1cc(Cl)n(-c2nccs2)n1. The van der Waals surface area contributed by atoms with E-state index in [4.69, 9.17) is 11.6 Å². The maximum Gasteiger partial charge on any atom is 0.211 e. The number of thiazole rings is 1. The maximum atomic E-state index is 5.90. The molecule has 2 aromatic heterocycles. The van der Waals surface area contributed by atoms with E-state index in [9.17, 15) is 0 Å². The van der Waals surface area contributed by atoms with E-state index in [2.05, 4.69) is 10.1 Å². The molecule has 0 aliphatic heterocycles. The molecule has 0 N–H and O–H groups in total. The molecule has 0 aliphatic carbocycles. The predicted octanol–water partition coefficient (Wildman–Crippen LogP) is 2.29. The summed E-state index contributed by atoms with van der Waals surface area (Å²) in [4.78, 5) is 4.10. The third kappa shape index (κ3) is 1.23. The molecule has 0 aliphatic rings. The second-order valence-electron chi connectivity index (χ2n) is 2.33. The van der Waals surface area contributed by atoms with Crippen molar-refractivity contribution in [2.24, 2.45) is 0 Å². The van der Waals surface area contributed by atoms with Crippen LogP contribution >= 0.6 is 22.9 Å². The summed E-state index contributed by atoms with van der Waals surface area (Å²) in [6.07, 6.45) is 1.73.